The molecule has 2 heterocycles. The number of pyridine rings is 1. The van der Waals surface area contributed by atoms with Crippen LogP contribution in [-0.4, -0.2) is 48.3 Å². The molecule has 0 aliphatic carbocycles. The first kappa shape index (κ1) is 22.3. The Labute approximate surface area is 179 Å². The van der Waals surface area contributed by atoms with E-state index < -0.39 is 6.09 Å². The highest BCUT2D eigenvalue weighted by molar-refractivity contribution is 5.85. The fourth-order valence-corrected chi connectivity index (χ4v) is 4.05. The first-order chi connectivity index (χ1) is 14.7. The van der Waals surface area contributed by atoms with Crippen molar-refractivity contribution in [2.24, 2.45) is 5.73 Å². The van der Waals surface area contributed by atoms with Crippen LogP contribution in [0.15, 0.2) is 30.5 Å². The van der Waals surface area contributed by atoms with Crippen molar-refractivity contribution in [3.8, 4) is 5.75 Å². The van der Waals surface area contributed by atoms with Crippen LogP contribution < -0.4 is 10.5 Å². The Morgan fingerprint density at radius 3 is 2.80 bits per heavy atom. The molecule has 0 unspecified atom stereocenters. The molecule has 1 aromatic carbocycles. The van der Waals surface area contributed by atoms with E-state index in [0.717, 1.165) is 69.4 Å². The van der Waals surface area contributed by atoms with E-state index in [0.29, 0.717) is 6.61 Å². The number of aryl methyl sites for hydroxylation is 1. The molecule has 1 aliphatic heterocycles. The SMILES string of the molecule is CCCCc1cc(OC2CCN(CCCCCOC(N)=O)CC2)c2ncccc2c1. The summed E-state index contributed by atoms with van der Waals surface area (Å²) in [5.74, 6) is 0.937. The number of hydrogen-bond donors (Lipinski definition) is 1. The lowest BCUT2D eigenvalue weighted by atomic mass is 10.0. The number of hydrogen-bond acceptors (Lipinski definition) is 5. The topological polar surface area (TPSA) is 77.7 Å². The van der Waals surface area contributed by atoms with Gasteiger partial charge in [-0.2, -0.15) is 0 Å². The Balaban J connectivity index is 1.47. The van der Waals surface area contributed by atoms with Crippen molar-refractivity contribution in [1.29, 1.82) is 0 Å². The van der Waals surface area contributed by atoms with E-state index in [-0.39, 0.29) is 6.10 Å². The molecular weight excluding hydrogens is 378 g/mol. The van der Waals surface area contributed by atoms with Gasteiger partial charge < -0.3 is 20.1 Å². The molecule has 1 fully saturated rings. The molecule has 164 valence electrons. The molecule has 1 aromatic heterocycles. The van der Waals surface area contributed by atoms with Crippen molar-refractivity contribution < 1.29 is 14.3 Å². The Bertz CT molecular complexity index is 803. The smallest absolute Gasteiger partial charge is 0.404 e. The van der Waals surface area contributed by atoms with Gasteiger partial charge in [0.05, 0.1) is 6.61 Å². The molecule has 0 spiro atoms. The summed E-state index contributed by atoms with van der Waals surface area (Å²) in [6, 6.07) is 8.57. The van der Waals surface area contributed by atoms with Gasteiger partial charge in [0.25, 0.3) is 0 Å². The maximum absolute atomic E-state index is 10.6. The van der Waals surface area contributed by atoms with Gasteiger partial charge in [0.15, 0.2) is 0 Å². The van der Waals surface area contributed by atoms with Gasteiger partial charge in [-0.15, -0.1) is 0 Å². The number of fused-ring (bicyclic) bond motifs is 1. The molecule has 6 heteroatoms. The van der Waals surface area contributed by atoms with Crippen molar-refractivity contribution in [1.82, 2.24) is 9.88 Å². The highest BCUT2D eigenvalue weighted by atomic mass is 16.5. The Morgan fingerprint density at radius 2 is 2.03 bits per heavy atom. The second-order valence-electron chi connectivity index (χ2n) is 8.16. The fraction of sp³-hybridized carbons (Fsp3) is 0.583. The Morgan fingerprint density at radius 1 is 1.20 bits per heavy atom. The average Bonchev–Trinajstić information content (AvgIpc) is 2.75. The summed E-state index contributed by atoms with van der Waals surface area (Å²) < 4.78 is 11.2. The van der Waals surface area contributed by atoms with Crippen molar-refractivity contribution in [2.45, 2.75) is 64.4 Å². The van der Waals surface area contributed by atoms with E-state index in [1.165, 1.54) is 23.8 Å². The largest absolute Gasteiger partial charge is 0.488 e. The maximum Gasteiger partial charge on any atom is 0.404 e. The summed E-state index contributed by atoms with van der Waals surface area (Å²) in [7, 11) is 0. The lowest BCUT2D eigenvalue weighted by Crippen LogP contribution is -2.38. The van der Waals surface area contributed by atoms with E-state index in [2.05, 4.69) is 35.0 Å². The van der Waals surface area contributed by atoms with Crippen LogP contribution in [-0.2, 0) is 11.2 Å². The van der Waals surface area contributed by atoms with Crippen LogP contribution >= 0.6 is 0 Å². The first-order valence-electron chi connectivity index (χ1n) is 11.3. The normalized spacial score (nSPS) is 15.4. The van der Waals surface area contributed by atoms with Gasteiger partial charge in [0.1, 0.15) is 17.4 Å². The van der Waals surface area contributed by atoms with Crippen LogP contribution in [0.4, 0.5) is 4.79 Å². The number of benzene rings is 1. The van der Waals surface area contributed by atoms with Crippen molar-refractivity contribution in [2.75, 3.05) is 26.2 Å². The number of unbranched alkanes of at least 4 members (excludes halogenated alkanes) is 3. The van der Waals surface area contributed by atoms with E-state index in [1.54, 1.807) is 0 Å². The number of ether oxygens (including phenoxy) is 2. The van der Waals surface area contributed by atoms with Gasteiger partial charge in [0.2, 0.25) is 0 Å². The number of likely N-dealkylation sites (tertiary alicyclic amines) is 1. The van der Waals surface area contributed by atoms with Crippen molar-refractivity contribution >= 4 is 17.0 Å². The minimum atomic E-state index is -0.684. The van der Waals surface area contributed by atoms with Crippen LogP contribution in [0.1, 0.15) is 57.4 Å². The van der Waals surface area contributed by atoms with E-state index in [4.69, 9.17) is 15.2 Å². The summed E-state index contributed by atoms with van der Waals surface area (Å²) in [6.07, 6.45) is 9.99. The van der Waals surface area contributed by atoms with Crippen molar-refractivity contribution in [3.05, 3.63) is 36.0 Å². The number of amides is 1. The third kappa shape index (κ3) is 6.87. The summed E-state index contributed by atoms with van der Waals surface area (Å²) in [6.45, 7) is 5.85. The predicted molar refractivity (Wildman–Crippen MR) is 120 cm³/mol. The van der Waals surface area contributed by atoms with Gasteiger partial charge in [-0.1, -0.05) is 19.4 Å². The van der Waals surface area contributed by atoms with Gasteiger partial charge in [-0.05, 0) is 75.3 Å². The summed E-state index contributed by atoms with van der Waals surface area (Å²) >= 11 is 0. The maximum atomic E-state index is 10.6. The summed E-state index contributed by atoms with van der Waals surface area (Å²) in [5, 5.41) is 1.17. The molecule has 0 radical (unpaired) electrons. The van der Waals surface area contributed by atoms with Gasteiger partial charge in [0, 0.05) is 24.7 Å². The standard InChI is InChI=1S/C24H35N3O3/c1-2-3-8-19-17-20-9-7-12-26-23(20)22(18-19)30-21-10-14-27(15-11-21)13-5-4-6-16-29-24(25)28/h7,9,12,17-18,21H,2-6,8,10-11,13-16H2,1H3,(H2,25,28). The predicted octanol–water partition coefficient (Wildman–Crippen LogP) is 4.69. The second kappa shape index (κ2) is 11.7. The van der Waals surface area contributed by atoms with Crippen LogP contribution in [0.2, 0.25) is 0 Å². The summed E-state index contributed by atoms with van der Waals surface area (Å²) in [4.78, 5) is 17.6. The lowest BCUT2D eigenvalue weighted by Gasteiger charge is -2.32. The molecule has 3 rings (SSSR count). The zero-order chi connectivity index (χ0) is 21.2. The highest BCUT2D eigenvalue weighted by Gasteiger charge is 2.21. The van der Waals surface area contributed by atoms with Crippen LogP contribution in [0.5, 0.6) is 5.75 Å². The number of aromatic nitrogens is 1. The molecule has 0 bridgehead atoms. The van der Waals surface area contributed by atoms with Crippen LogP contribution in [0, 0.1) is 0 Å². The number of rotatable bonds is 11. The number of carbonyl (C=O) groups excluding carboxylic acids is 1. The third-order valence-corrected chi connectivity index (χ3v) is 5.74. The zero-order valence-corrected chi connectivity index (χ0v) is 18.1. The number of nitrogens with two attached hydrogens (primary N) is 1. The molecule has 1 amide bonds. The van der Waals surface area contributed by atoms with Gasteiger partial charge in [-0.3, -0.25) is 4.98 Å². The van der Waals surface area contributed by atoms with Crippen LogP contribution in [0.3, 0.4) is 0 Å². The number of carbonyl (C=O) groups is 1. The average molecular weight is 414 g/mol. The minimum absolute atomic E-state index is 0.247. The molecule has 2 N–H and O–H groups in total. The molecule has 1 saturated heterocycles. The lowest BCUT2D eigenvalue weighted by molar-refractivity contribution is 0.1000. The van der Waals surface area contributed by atoms with Gasteiger partial charge >= 0.3 is 6.09 Å². The molecule has 1 aliphatic rings. The summed E-state index contributed by atoms with van der Waals surface area (Å²) in [5.41, 5.74) is 7.28. The number of primary amides is 1. The fourth-order valence-electron chi connectivity index (χ4n) is 4.05. The molecule has 0 saturated carbocycles. The van der Waals surface area contributed by atoms with E-state index in [9.17, 15) is 4.79 Å². The molecular formula is C24H35N3O3. The number of nitrogens with zero attached hydrogens (tertiary/aromatic N) is 2. The second-order valence-corrected chi connectivity index (χ2v) is 8.16. The van der Waals surface area contributed by atoms with E-state index >= 15 is 0 Å². The molecule has 6 nitrogen and oxygen atoms in total. The molecule has 2 aromatic rings. The van der Waals surface area contributed by atoms with E-state index in [1.807, 2.05) is 12.3 Å². The molecule has 30 heavy (non-hydrogen) atoms. The highest BCUT2D eigenvalue weighted by Crippen LogP contribution is 2.29. The number of piperidine rings is 1. The minimum Gasteiger partial charge on any atom is -0.488 e. The van der Waals surface area contributed by atoms with Gasteiger partial charge in [-0.25, -0.2) is 4.79 Å². The van der Waals surface area contributed by atoms with Crippen LogP contribution in [0.25, 0.3) is 10.9 Å². The quantitative estimate of drug-likeness (QED) is 0.541. The Kier molecular flexibility index (Phi) is 8.75. The zero-order valence-electron chi connectivity index (χ0n) is 18.1. The third-order valence-electron chi connectivity index (χ3n) is 5.74. The monoisotopic (exact) mass is 413 g/mol. The first-order valence-corrected chi connectivity index (χ1v) is 11.3. The Hall–Kier alpha value is -2.34. The van der Waals surface area contributed by atoms with Crippen molar-refractivity contribution in [3.63, 3.8) is 0 Å². The molecule has 0 atom stereocenters.